The van der Waals surface area contributed by atoms with E-state index >= 15 is 0 Å². The molecule has 1 atom stereocenters. The average Bonchev–Trinajstić information content (AvgIpc) is 2.77. The third kappa shape index (κ3) is 5.67. The molecule has 0 fully saturated rings. The molecule has 3 nitrogen and oxygen atoms in total. The van der Waals surface area contributed by atoms with Gasteiger partial charge >= 0.3 is 0 Å². The van der Waals surface area contributed by atoms with Crippen LogP contribution < -0.4 is 4.74 Å². The summed E-state index contributed by atoms with van der Waals surface area (Å²) in [5.74, 6) is 1.70. The molecule has 0 saturated heterocycles. The van der Waals surface area contributed by atoms with E-state index in [0.717, 1.165) is 41.3 Å². The third-order valence-corrected chi connectivity index (χ3v) is 5.85. The summed E-state index contributed by atoms with van der Waals surface area (Å²) in [7, 11) is 4.31. The predicted octanol–water partition coefficient (Wildman–Crippen LogP) is 5.89. The van der Waals surface area contributed by atoms with Gasteiger partial charge in [-0.1, -0.05) is 48.5 Å². The number of aryl methyl sites for hydroxylation is 1. The summed E-state index contributed by atoms with van der Waals surface area (Å²) in [4.78, 5) is 2.29. The second kappa shape index (κ2) is 10.5. The number of nitrogens with zero attached hydrogens (tertiary/aromatic N) is 2. The standard InChI is InChI=1S/C27H28N2O.ClH/c1-29(2)18-21-9-12-24-16-26(14-13-23(24)15-21)30-19-20-7-10-22(11-8-20)27-6-4-3-5-25(27)17-28;/h3-8,10-11,13-14,16,21H,9,12,15,18-19H2,1-2H3;1H. The molecule has 31 heavy (non-hydrogen) atoms. The Hall–Kier alpha value is -2.80. The van der Waals surface area contributed by atoms with E-state index in [-0.39, 0.29) is 12.4 Å². The van der Waals surface area contributed by atoms with Crippen LogP contribution in [-0.2, 0) is 19.4 Å². The predicted molar refractivity (Wildman–Crippen MR) is 129 cm³/mol. The van der Waals surface area contributed by atoms with Crippen LogP contribution in [0.3, 0.4) is 0 Å². The highest BCUT2D eigenvalue weighted by Gasteiger charge is 2.19. The van der Waals surface area contributed by atoms with Crippen LogP contribution in [0.25, 0.3) is 11.1 Å². The van der Waals surface area contributed by atoms with E-state index in [4.69, 9.17) is 4.74 Å². The van der Waals surface area contributed by atoms with Crippen molar-refractivity contribution in [3.8, 4) is 22.9 Å². The summed E-state index contributed by atoms with van der Waals surface area (Å²) in [6.45, 7) is 1.70. The Morgan fingerprint density at radius 2 is 1.77 bits per heavy atom. The van der Waals surface area contributed by atoms with Crippen molar-refractivity contribution in [3.05, 3.63) is 89.0 Å². The second-order valence-corrected chi connectivity index (χ2v) is 8.44. The highest BCUT2D eigenvalue weighted by atomic mass is 35.5. The zero-order chi connectivity index (χ0) is 20.9. The first-order valence-corrected chi connectivity index (χ1v) is 10.6. The van der Waals surface area contributed by atoms with E-state index < -0.39 is 0 Å². The minimum absolute atomic E-state index is 0. The molecule has 4 rings (SSSR count). The van der Waals surface area contributed by atoms with Gasteiger partial charge in [0.15, 0.2) is 0 Å². The smallest absolute Gasteiger partial charge is 0.120 e. The zero-order valence-corrected chi connectivity index (χ0v) is 19.0. The Balaban J connectivity index is 0.00000272. The summed E-state index contributed by atoms with van der Waals surface area (Å²) in [6.07, 6.45) is 3.55. The van der Waals surface area contributed by atoms with E-state index in [9.17, 15) is 5.26 Å². The zero-order valence-electron chi connectivity index (χ0n) is 18.2. The summed E-state index contributed by atoms with van der Waals surface area (Å²) in [5.41, 5.74) is 6.75. The van der Waals surface area contributed by atoms with Gasteiger partial charge in [0.25, 0.3) is 0 Å². The van der Waals surface area contributed by atoms with E-state index in [2.05, 4.69) is 67.5 Å². The Kier molecular flexibility index (Phi) is 7.74. The van der Waals surface area contributed by atoms with Crippen molar-refractivity contribution in [3.63, 3.8) is 0 Å². The number of hydrogen-bond acceptors (Lipinski definition) is 3. The van der Waals surface area contributed by atoms with Gasteiger partial charge in [-0.05, 0) is 85.3 Å². The molecule has 3 aromatic rings. The van der Waals surface area contributed by atoms with Gasteiger partial charge in [-0.3, -0.25) is 0 Å². The number of nitriles is 1. The molecule has 160 valence electrons. The lowest BCUT2D eigenvalue weighted by Gasteiger charge is -2.27. The van der Waals surface area contributed by atoms with Gasteiger partial charge in [0.05, 0.1) is 11.6 Å². The summed E-state index contributed by atoms with van der Waals surface area (Å²) >= 11 is 0. The van der Waals surface area contributed by atoms with Gasteiger partial charge in [-0.2, -0.15) is 5.26 Å². The highest BCUT2D eigenvalue weighted by molar-refractivity contribution is 5.85. The Morgan fingerprint density at radius 3 is 2.52 bits per heavy atom. The molecule has 0 radical (unpaired) electrons. The maximum Gasteiger partial charge on any atom is 0.120 e. The molecule has 0 bridgehead atoms. The maximum absolute atomic E-state index is 9.31. The molecule has 0 aliphatic heterocycles. The molecule has 1 unspecified atom stereocenters. The van der Waals surface area contributed by atoms with Gasteiger partial charge < -0.3 is 9.64 Å². The third-order valence-electron chi connectivity index (χ3n) is 5.85. The molecule has 0 spiro atoms. The lowest BCUT2D eigenvalue weighted by molar-refractivity contribution is 0.297. The molecule has 0 aromatic heterocycles. The number of ether oxygens (including phenoxy) is 1. The van der Waals surface area contributed by atoms with Crippen molar-refractivity contribution < 1.29 is 4.74 Å². The summed E-state index contributed by atoms with van der Waals surface area (Å²) < 4.78 is 6.08. The minimum atomic E-state index is 0. The highest BCUT2D eigenvalue weighted by Crippen LogP contribution is 2.29. The Morgan fingerprint density at radius 1 is 1.00 bits per heavy atom. The molecular formula is C27H29ClN2O. The number of fused-ring (bicyclic) bond motifs is 1. The van der Waals surface area contributed by atoms with E-state index in [0.29, 0.717) is 12.2 Å². The van der Waals surface area contributed by atoms with Crippen molar-refractivity contribution in [2.75, 3.05) is 20.6 Å². The maximum atomic E-state index is 9.31. The molecule has 1 aliphatic carbocycles. The number of hydrogen-bond donors (Lipinski definition) is 0. The molecule has 3 aromatic carbocycles. The second-order valence-electron chi connectivity index (χ2n) is 8.44. The largest absolute Gasteiger partial charge is 0.489 e. The fourth-order valence-corrected chi connectivity index (χ4v) is 4.35. The molecule has 1 aliphatic rings. The van der Waals surface area contributed by atoms with Crippen molar-refractivity contribution in [1.82, 2.24) is 4.90 Å². The average molecular weight is 433 g/mol. The first kappa shape index (κ1) is 22.9. The fourth-order valence-electron chi connectivity index (χ4n) is 4.35. The quantitative estimate of drug-likeness (QED) is 0.487. The van der Waals surface area contributed by atoms with Crippen LogP contribution in [0.4, 0.5) is 0 Å². The summed E-state index contributed by atoms with van der Waals surface area (Å²) in [6, 6.07) is 24.8. The van der Waals surface area contributed by atoms with Crippen molar-refractivity contribution in [1.29, 1.82) is 5.26 Å². The Bertz CT molecular complexity index is 1050. The van der Waals surface area contributed by atoms with E-state index in [1.807, 2.05) is 24.3 Å². The van der Waals surface area contributed by atoms with Crippen LogP contribution in [-0.4, -0.2) is 25.5 Å². The van der Waals surface area contributed by atoms with Crippen LogP contribution in [0.1, 0.15) is 28.7 Å². The topological polar surface area (TPSA) is 36.3 Å². The number of halogens is 1. The van der Waals surface area contributed by atoms with Gasteiger partial charge in [0, 0.05) is 6.54 Å². The first-order valence-electron chi connectivity index (χ1n) is 10.6. The van der Waals surface area contributed by atoms with Crippen LogP contribution in [0.5, 0.6) is 5.75 Å². The van der Waals surface area contributed by atoms with Crippen LogP contribution in [0.2, 0.25) is 0 Å². The molecular weight excluding hydrogens is 404 g/mol. The summed E-state index contributed by atoms with van der Waals surface area (Å²) in [5, 5.41) is 9.31. The number of rotatable bonds is 6. The number of benzene rings is 3. The van der Waals surface area contributed by atoms with Gasteiger partial charge in [0.1, 0.15) is 12.4 Å². The van der Waals surface area contributed by atoms with Crippen LogP contribution >= 0.6 is 12.4 Å². The van der Waals surface area contributed by atoms with Gasteiger partial charge in [0.2, 0.25) is 0 Å². The minimum Gasteiger partial charge on any atom is -0.489 e. The van der Waals surface area contributed by atoms with E-state index in [1.54, 1.807) is 0 Å². The fraction of sp³-hybridized carbons (Fsp3) is 0.296. The van der Waals surface area contributed by atoms with Crippen molar-refractivity contribution in [2.24, 2.45) is 5.92 Å². The van der Waals surface area contributed by atoms with Gasteiger partial charge in [-0.25, -0.2) is 0 Å². The van der Waals surface area contributed by atoms with Crippen LogP contribution in [0, 0.1) is 17.2 Å². The van der Waals surface area contributed by atoms with E-state index in [1.165, 1.54) is 24.0 Å². The van der Waals surface area contributed by atoms with Gasteiger partial charge in [-0.15, -0.1) is 12.4 Å². The van der Waals surface area contributed by atoms with Crippen LogP contribution in [0.15, 0.2) is 66.7 Å². The lowest BCUT2D eigenvalue weighted by atomic mass is 9.83. The first-order chi connectivity index (χ1) is 14.6. The molecule has 0 saturated carbocycles. The normalized spacial score (nSPS) is 15.0. The Labute approximate surface area is 191 Å². The molecule has 0 N–H and O–H groups in total. The lowest BCUT2D eigenvalue weighted by Crippen LogP contribution is -2.26. The molecule has 4 heteroatoms. The molecule has 0 heterocycles. The van der Waals surface area contributed by atoms with Crippen molar-refractivity contribution >= 4 is 12.4 Å². The SMILES string of the molecule is CN(C)CC1CCc2cc(OCc3ccc(-c4ccccc4C#N)cc3)ccc2C1.Cl. The monoisotopic (exact) mass is 432 g/mol. The molecule has 0 amide bonds. The van der Waals surface area contributed by atoms with Crippen molar-refractivity contribution in [2.45, 2.75) is 25.9 Å².